The van der Waals surface area contributed by atoms with Gasteiger partial charge in [-0.25, -0.2) is 0 Å². The first-order valence-corrected chi connectivity index (χ1v) is 9.62. The van der Waals surface area contributed by atoms with Crippen molar-refractivity contribution >= 4 is 6.08 Å². The minimum absolute atomic E-state index is 0.125. The zero-order valence-electron chi connectivity index (χ0n) is 16.6. The average molecular weight is 332 g/mol. The Bertz CT molecular complexity index is 797. The monoisotopic (exact) mass is 331 g/mol. The molecule has 0 spiro atoms. The van der Waals surface area contributed by atoms with Crippen molar-refractivity contribution in [1.82, 2.24) is 0 Å². The van der Waals surface area contributed by atoms with Crippen molar-refractivity contribution in [1.29, 1.82) is 0 Å². The van der Waals surface area contributed by atoms with E-state index in [0.717, 1.165) is 12.8 Å². The second-order valence-corrected chi connectivity index (χ2v) is 8.71. The lowest BCUT2D eigenvalue weighted by atomic mass is 9.78. The molecular weight excluding hydrogens is 300 g/mol. The van der Waals surface area contributed by atoms with Crippen LogP contribution in [0, 0.1) is 12.3 Å². The van der Waals surface area contributed by atoms with Gasteiger partial charge in [-0.1, -0.05) is 89.6 Å². The van der Waals surface area contributed by atoms with Crippen molar-refractivity contribution in [2.75, 3.05) is 0 Å². The standard InChI is InChI=1S/C25H31/c1-7-19-10-8-9-11-21(19)24-22-16-18(14-17(2)3)15-20(22)12-13-23(24)25(4,5)6/h8-13,15-17H,7,14H2,1-6H3. The van der Waals surface area contributed by atoms with Gasteiger partial charge in [-0.2, -0.15) is 0 Å². The molecule has 0 bridgehead atoms. The topological polar surface area (TPSA) is 0 Å². The van der Waals surface area contributed by atoms with Crippen LogP contribution in [0.25, 0.3) is 17.2 Å². The summed E-state index contributed by atoms with van der Waals surface area (Å²) in [6.45, 7) is 13.8. The SMILES string of the molecule is CCc1ccccc1-c1c(C(C)(C)C)ccc2c1C=C(CC(C)C)[CH]2. The van der Waals surface area contributed by atoms with Gasteiger partial charge in [-0.05, 0) is 57.6 Å². The molecule has 2 aromatic carbocycles. The molecule has 0 atom stereocenters. The van der Waals surface area contributed by atoms with Crippen molar-refractivity contribution in [3.05, 3.63) is 70.6 Å². The molecule has 3 rings (SSSR count). The van der Waals surface area contributed by atoms with Gasteiger partial charge in [-0.3, -0.25) is 0 Å². The third-order valence-corrected chi connectivity index (χ3v) is 5.07. The Kier molecular flexibility index (Phi) is 4.91. The Morgan fingerprint density at radius 2 is 1.68 bits per heavy atom. The summed E-state index contributed by atoms with van der Waals surface area (Å²) < 4.78 is 0. The Morgan fingerprint density at radius 1 is 0.960 bits per heavy atom. The molecule has 25 heavy (non-hydrogen) atoms. The minimum Gasteiger partial charge on any atom is -0.0625 e. The molecule has 1 aliphatic rings. The molecule has 0 saturated heterocycles. The number of fused-ring (bicyclic) bond motifs is 1. The van der Waals surface area contributed by atoms with E-state index in [1.54, 1.807) is 0 Å². The molecule has 1 aliphatic carbocycles. The van der Waals surface area contributed by atoms with Crippen LogP contribution in [-0.4, -0.2) is 0 Å². The van der Waals surface area contributed by atoms with Gasteiger partial charge in [0.25, 0.3) is 0 Å². The number of hydrogen-bond acceptors (Lipinski definition) is 0. The van der Waals surface area contributed by atoms with Crippen LogP contribution in [0.2, 0.25) is 0 Å². The van der Waals surface area contributed by atoms with E-state index < -0.39 is 0 Å². The molecule has 0 heterocycles. The van der Waals surface area contributed by atoms with E-state index in [-0.39, 0.29) is 5.41 Å². The Balaban J connectivity index is 2.25. The molecule has 0 amide bonds. The number of aryl methyl sites for hydroxylation is 1. The summed E-state index contributed by atoms with van der Waals surface area (Å²) in [5, 5.41) is 0. The highest BCUT2D eigenvalue weighted by molar-refractivity contribution is 5.87. The molecule has 0 aliphatic heterocycles. The van der Waals surface area contributed by atoms with Gasteiger partial charge in [0.1, 0.15) is 0 Å². The highest BCUT2D eigenvalue weighted by Gasteiger charge is 2.26. The van der Waals surface area contributed by atoms with Crippen LogP contribution in [0.5, 0.6) is 0 Å². The normalized spacial score (nSPS) is 14.0. The minimum atomic E-state index is 0.125. The van der Waals surface area contributed by atoms with Crippen molar-refractivity contribution in [2.45, 2.75) is 59.8 Å². The van der Waals surface area contributed by atoms with E-state index in [1.807, 2.05) is 0 Å². The molecule has 0 aromatic heterocycles. The first-order chi connectivity index (χ1) is 11.8. The molecule has 0 heteroatoms. The molecule has 0 nitrogen and oxygen atoms in total. The van der Waals surface area contributed by atoms with Crippen LogP contribution in [0.15, 0.2) is 42.0 Å². The largest absolute Gasteiger partial charge is 0.0625 e. The summed E-state index contributed by atoms with van der Waals surface area (Å²) >= 11 is 0. The summed E-state index contributed by atoms with van der Waals surface area (Å²) in [4.78, 5) is 0. The molecule has 0 N–H and O–H groups in total. The maximum atomic E-state index is 2.44. The van der Waals surface area contributed by atoms with Gasteiger partial charge in [-0.15, -0.1) is 0 Å². The highest BCUT2D eigenvalue weighted by atomic mass is 14.3. The zero-order valence-corrected chi connectivity index (χ0v) is 16.6. The molecule has 0 fully saturated rings. The van der Waals surface area contributed by atoms with Gasteiger partial charge in [0, 0.05) is 6.42 Å². The fraction of sp³-hybridized carbons (Fsp3) is 0.400. The van der Waals surface area contributed by atoms with Crippen molar-refractivity contribution in [3.63, 3.8) is 0 Å². The van der Waals surface area contributed by atoms with E-state index in [0.29, 0.717) is 5.92 Å². The van der Waals surface area contributed by atoms with Crippen LogP contribution >= 0.6 is 0 Å². The number of benzene rings is 2. The van der Waals surface area contributed by atoms with E-state index in [1.165, 1.54) is 39.0 Å². The smallest absolute Gasteiger partial charge is 0.0164 e. The van der Waals surface area contributed by atoms with Crippen LogP contribution in [0.4, 0.5) is 0 Å². The first-order valence-electron chi connectivity index (χ1n) is 9.62. The summed E-state index contributed by atoms with van der Waals surface area (Å²) in [5.74, 6) is 0.685. The second kappa shape index (κ2) is 6.83. The van der Waals surface area contributed by atoms with Gasteiger partial charge < -0.3 is 0 Å². The van der Waals surface area contributed by atoms with Crippen LogP contribution in [0.1, 0.15) is 70.2 Å². The maximum absolute atomic E-state index is 2.44. The summed E-state index contributed by atoms with van der Waals surface area (Å²) in [7, 11) is 0. The lowest BCUT2D eigenvalue weighted by Gasteiger charge is -2.26. The second-order valence-electron chi connectivity index (χ2n) is 8.71. The van der Waals surface area contributed by atoms with Gasteiger partial charge >= 0.3 is 0 Å². The third-order valence-electron chi connectivity index (χ3n) is 5.07. The first kappa shape index (κ1) is 18.0. The zero-order chi connectivity index (χ0) is 18.2. The van der Waals surface area contributed by atoms with Gasteiger partial charge in [0.15, 0.2) is 0 Å². The van der Waals surface area contributed by atoms with E-state index in [4.69, 9.17) is 0 Å². The lowest BCUT2D eigenvalue weighted by molar-refractivity contribution is 0.591. The molecular formula is C25H31. The summed E-state index contributed by atoms with van der Waals surface area (Å²) in [6.07, 6.45) is 7.04. The van der Waals surface area contributed by atoms with E-state index in [2.05, 4.69) is 90.4 Å². The molecule has 2 aromatic rings. The predicted octanol–water partition coefficient (Wildman–Crippen LogP) is 7.21. The quantitative estimate of drug-likeness (QED) is 0.555. The molecule has 1 radical (unpaired) electrons. The van der Waals surface area contributed by atoms with Crippen LogP contribution in [-0.2, 0) is 11.8 Å². The van der Waals surface area contributed by atoms with Crippen molar-refractivity contribution in [3.8, 4) is 11.1 Å². The lowest BCUT2D eigenvalue weighted by Crippen LogP contribution is -2.14. The number of allylic oxidation sites excluding steroid dienone is 1. The Morgan fingerprint density at radius 3 is 2.32 bits per heavy atom. The molecule has 131 valence electrons. The Labute approximate surface area is 154 Å². The average Bonchev–Trinajstić information content (AvgIpc) is 2.94. The van der Waals surface area contributed by atoms with Crippen LogP contribution in [0.3, 0.4) is 0 Å². The fourth-order valence-electron chi connectivity index (χ4n) is 3.92. The summed E-state index contributed by atoms with van der Waals surface area (Å²) in [6, 6.07) is 13.6. The van der Waals surface area contributed by atoms with E-state index in [9.17, 15) is 0 Å². The predicted molar refractivity (Wildman–Crippen MR) is 111 cm³/mol. The maximum Gasteiger partial charge on any atom is 0.0164 e. The Hall–Kier alpha value is -1.82. The molecule has 0 saturated carbocycles. The van der Waals surface area contributed by atoms with Gasteiger partial charge in [0.05, 0.1) is 0 Å². The number of rotatable bonds is 4. The van der Waals surface area contributed by atoms with Crippen LogP contribution < -0.4 is 0 Å². The van der Waals surface area contributed by atoms with Gasteiger partial charge in [0.2, 0.25) is 0 Å². The number of hydrogen-bond donors (Lipinski definition) is 0. The summed E-state index contributed by atoms with van der Waals surface area (Å²) in [5.41, 5.74) is 10.1. The van der Waals surface area contributed by atoms with Crippen molar-refractivity contribution in [2.24, 2.45) is 5.92 Å². The molecule has 0 unspecified atom stereocenters. The highest BCUT2D eigenvalue weighted by Crippen LogP contribution is 2.43. The third kappa shape index (κ3) is 3.59. The fourth-order valence-corrected chi connectivity index (χ4v) is 3.92. The van der Waals surface area contributed by atoms with Crippen molar-refractivity contribution < 1.29 is 0 Å². The van der Waals surface area contributed by atoms with E-state index >= 15 is 0 Å².